The van der Waals surface area contributed by atoms with Gasteiger partial charge in [0, 0.05) is 93.6 Å². The third-order valence-corrected chi connectivity index (χ3v) is 15.4. The Labute approximate surface area is 398 Å². The predicted molar refractivity (Wildman–Crippen MR) is 266 cm³/mol. The van der Waals surface area contributed by atoms with E-state index in [1.54, 1.807) is 0 Å². The summed E-state index contributed by atoms with van der Waals surface area (Å²) in [6, 6.07) is 0.703. The van der Waals surface area contributed by atoms with Crippen LogP contribution in [0.4, 0.5) is 17.8 Å². The van der Waals surface area contributed by atoms with Crippen molar-refractivity contribution in [1.82, 2.24) is 45.6 Å². The quantitative estimate of drug-likeness (QED) is 0.183. The second kappa shape index (κ2) is 19.6. The summed E-state index contributed by atoms with van der Waals surface area (Å²) in [4.78, 5) is 72.4. The maximum Gasteiger partial charge on any atom is 0.242 e. The maximum atomic E-state index is 14.0. The second-order valence-electron chi connectivity index (χ2n) is 24.8. The Kier molecular flexibility index (Phi) is 15.0. The molecule has 6 aliphatic rings. The molecule has 6 fully saturated rings. The smallest absolute Gasteiger partial charge is 0.242 e. The molecule has 3 N–H and O–H groups in total. The normalized spacial score (nSPS) is 25.8. The average Bonchev–Trinajstić information content (AvgIpc) is 3.23. The zero-order chi connectivity index (χ0) is 47.9. The summed E-state index contributed by atoms with van der Waals surface area (Å²) in [6.07, 6.45) is 16.9. The predicted octanol–water partition coefficient (Wildman–Crippen LogP) is 6.26. The van der Waals surface area contributed by atoms with Gasteiger partial charge in [0.2, 0.25) is 35.6 Å². The fourth-order valence-electron chi connectivity index (χ4n) is 13.1. The molecule has 3 saturated heterocycles. The monoisotopic (exact) mass is 919 g/mol. The van der Waals surface area contributed by atoms with Crippen LogP contribution in [-0.2, 0) is 14.4 Å². The van der Waals surface area contributed by atoms with Crippen LogP contribution < -0.4 is 30.7 Å². The van der Waals surface area contributed by atoms with Crippen molar-refractivity contribution in [3.05, 3.63) is 0 Å². The molecule has 3 amide bonds. The van der Waals surface area contributed by atoms with E-state index in [-0.39, 0.29) is 52.5 Å². The van der Waals surface area contributed by atoms with Gasteiger partial charge in [-0.15, -0.1) is 0 Å². The molecular formula is C51H90N12O3. The van der Waals surface area contributed by atoms with Crippen molar-refractivity contribution in [2.75, 3.05) is 73.6 Å². The maximum absolute atomic E-state index is 14.0. The van der Waals surface area contributed by atoms with Crippen LogP contribution in [0.5, 0.6) is 0 Å². The van der Waals surface area contributed by atoms with E-state index in [0.29, 0.717) is 76.7 Å². The molecular weight excluding hydrogens is 829 g/mol. The molecule has 372 valence electrons. The number of nitrogens with one attached hydrogen (secondary N) is 3. The largest absolute Gasteiger partial charge is 0.338 e. The number of carbonyl (C=O) groups is 3. The fourth-order valence-corrected chi connectivity index (χ4v) is 13.1. The molecule has 3 aliphatic carbocycles. The molecule has 1 aromatic rings. The number of piperazine rings is 3. The van der Waals surface area contributed by atoms with Crippen molar-refractivity contribution < 1.29 is 14.4 Å². The van der Waals surface area contributed by atoms with Gasteiger partial charge in [0.05, 0.1) is 16.6 Å². The van der Waals surface area contributed by atoms with Gasteiger partial charge in [-0.2, -0.15) is 15.0 Å². The summed E-state index contributed by atoms with van der Waals surface area (Å²) in [6.45, 7) is 30.6. The minimum absolute atomic E-state index is 0.122. The highest BCUT2D eigenvalue weighted by Crippen LogP contribution is 2.34. The van der Waals surface area contributed by atoms with Crippen molar-refractivity contribution in [3.8, 4) is 0 Å². The van der Waals surface area contributed by atoms with Gasteiger partial charge in [0.25, 0.3) is 0 Å². The molecule has 66 heavy (non-hydrogen) atoms. The summed E-state index contributed by atoms with van der Waals surface area (Å²) in [5.74, 6) is 2.42. The Balaban J connectivity index is 1.32. The van der Waals surface area contributed by atoms with Gasteiger partial charge in [-0.05, 0) is 122 Å². The Bertz CT molecular complexity index is 1640. The molecule has 0 aromatic carbocycles. The third kappa shape index (κ3) is 11.9. The van der Waals surface area contributed by atoms with Crippen molar-refractivity contribution in [3.63, 3.8) is 0 Å². The first-order valence-corrected chi connectivity index (χ1v) is 26.2. The molecule has 3 saturated carbocycles. The zero-order valence-electron chi connectivity index (χ0n) is 43.5. The molecule has 1 aromatic heterocycles. The number of rotatable bonds is 15. The van der Waals surface area contributed by atoms with E-state index in [9.17, 15) is 14.4 Å². The van der Waals surface area contributed by atoms with Crippen LogP contribution in [0.25, 0.3) is 0 Å². The number of carbonyl (C=O) groups excluding carboxylic acids is 3. The second-order valence-corrected chi connectivity index (χ2v) is 24.8. The summed E-state index contributed by atoms with van der Waals surface area (Å²) in [5, 5.41) is 10.8. The average molecular weight is 919 g/mol. The number of hydrogen-bond acceptors (Lipinski definition) is 12. The fraction of sp³-hybridized carbons (Fsp3) is 0.882. The lowest BCUT2D eigenvalue weighted by Crippen LogP contribution is -2.70. The van der Waals surface area contributed by atoms with E-state index < -0.39 is 16.6 Å². The lowest BCUT2D eigenvalue weighted by molar-refractivity contribution is -0.143. The number of anilines is 3. The van der Waals surface area contributed by atoms with Gasteiger partial charge in [-0.3, -0.25) is 30.3 Å². The van der Waals surface area contributed by atoms with Crippen LogP contribution in [0.3, 0.4) is 0 Å². The van der Waals surface area contributed by atoms with Gasteiger partial charge in [0.1, 0.15) is 0 Å². The van der Waals surface area contributed by atoms with E-state index in [1.165, 1.54) is 19.3 Å². The molecule has 0 atom stereocenters. The zero-order valence-corrected chi connectivity index (χ0v) is 43.5. The molecule has 15 nitrogen and oxygen atoms in total. The van der Waals surface area contributed by atoms with Crippen molar-refractivity contribution >= 4 is 35.6 Å². The van der Waals surface area contributed by atoms with Gasteiger partial charge in [0.15, 0.2) is 0 Å². The highest BCUT2D eigenvalue weighted by atomic mass is 16.2. The van der Waals surface area contributed by atoms with E-state index >= 15 is 0 Å². The standard InChI is InChI=1S/C51H90N12O3/c1-46(2)34-58(40(64)49(7,8)55-46)28-31-61(37-22-16-13-17-23-37)43-52-44(62(38-24-18-14-19-25-38)32-29-59-35-47(3,4)56-50(9,10)41(59)65)54-45(53-43)63(39-26-20-15-21-27-39)33-30-60-36-48(5,6)57-51(11,12)42(60)66/h37-39,55-57H,13-36H2,1-12H3. The summed E-state index contributed by atoms with van der Waals surface area (Å²) in [7, 11) is 0. The molecule has 0 unspecified atom stereocenters. The summed E-state index contributed by atoms with van der Waals surface area (Å²) < 4.78 is 0. The molecule has 7 rings (SSSR count). The first-order chi connectivity index (χ1) is 30.9. The molecule has 15 heteroatoms. The Morgan fingerprint density at radius 2 is 0.636 bits per heavy atom. The molecule has 4 heterocycles. The van der Waals surface area contributed by atoms with E-state index in [0.717, 1.165) is 77.0 Å². The van der Waals surface area contributed by atoms with E-state index in [2.05, 4.69) is 86.9 Å². The molecule has 0 bridgehead atoms. The number of amides is 3. The van der Waals surface area contributed by atoms with Gasteiger partial charge < -0.3 is 29.4 Å². The Morgan fingerprint density at radius 1 is 0.409 bits per heavy atom. The lowest BCUT2D eigenvalue weighted by atomic mass is 9.90. The van der Waals surface area contributed by atoms with Crippen molar-refractivity contribution in [1.29, 1.82) is 0 Å². The Hall–Kier alpha value is -3.30. The highest BCUT2D eigenvalue weighted by Gasteiger charge is 2.46. The van der Waals surface area contributed by atoms with Crippen molar-refractivity contribution in [2.24, 2.45) is 0 Å². The SMILES string of the molecule is CC1(C)CN(CCN(c2nc(N(CCN3CC(C)(C)NC(C)(C)C3=O)C3CCCCC3)nc(N(CCN3CC(C)(C)NC(C)(C)C3=O)C3CCCCC3)n2)C2CCCCC2)C(=O)C(C)(C)N1. The molecule has 0 spiro atoms. The minimum atomic E-state index is -0.668. The van der Waals surface area contributed by atoms with Crippen LogP contribution in [0.2, 0.25) is 0 Å². The van der Waals surface area contributed by atoms with E-state index in [1.807, 2.05) is 41.5 Å². The first-order valence-electron chi connectivity index (χ1n) is 26.2. The first kappa shape index (κ1) is 50.6. The third-order valence-electron chi connectivity index (χ3n) is 15.4. The van der Waals surface area contributed by atoms with E-state index in [4.69, 9.17) is 15.0 Å². The number of nitrogens with zero attached hydrogens (tertiary/aromatic N) is 9. The Morgan fingerprint density at radius 3 is 0.864 bits per heavy atom. The van der Waals surface area contributed by atoms with Crippen molar-refractivity contribution in [2.45, 2.75) is 231 Å². The van der Waals surface area contributed by atoms with Crippen LogP contribution >= 0.6 is 0 Å². The van der Waals surface area contributed by atoms with Gasteiger partial charge in [-0.1, -0.05) is 57.8 Å². The van der Waals surface area contributed by atoms with Gasteiger partial charge >= 0.3 is 0 Å². The summed E-state index contributed by atoms with van der Waals surface area (Å²) >= 11 is 0. The van der Waals surface area contributed by atoms with Crippen LogP contribution in [-0.4, -0.2) is 158 Å². The van der Waals surface area contributed by atoms with Crippen LogP contribution in [0, 0.1) is 0 Å². The number of aromatic nitrogens is 3. The molecule has 3 aliphatic heterocycles. The van der Waals surface area contributed by atoms with Gasteiger partial charge in [-0.25, -0.2) is 0 Å². The van der Waals surface area contributed by atoms with Crippen LogP contribution in [0.1, 0.15) is 179 Å². The summed E-state index contributed by atoms with van der Waals surface area (Å²) in [5.41, 5.74) is -2.69. The van der Waals surface area contributed by atoms with Crippen LogP contribution in [0.15, 0.2) is 0 Å². The molecule has 0 radical (unpaired) electrons. The lowest BCUT2D eigenvalue weighted by Gasteiger charge is -2.48. The highest BCUT2D eigenvalue weighted by molar-refractivity contribution is 5.88. The minimum Gasteiger partial charge on any atom is -0.338 e. The topological polar surface area (TPSA) is 145 Å². The number of hydrogen-bond donors (Lipinski definition) is 3.